The normalized spacial score (nSPS) is 16.7. The van der Waals surface area contributed by atoms with Crippen LogP contribution in [0.2, 0.25) is 0 Å². The summed E-state index contributed by atoms with van der Waals surface area (Å²) in [5, 5.41) is 11.9. The topological polar surface area (TPSA) is 86.6 Å². The number of likely N-dealkylation sites (tertiary alicyclic amines) is 1. The second-order valence-corrected chi connectivity index (χ2v) is 8.45. The van der Waals surface area contributed by atoms with E-state index in [-0.39, 0.29) is 12.1 Å². The average Bonchev–Trinajstić information content (AvgIpc) is 3.22. The third-order valence-electron chi connectivity index (χ3n) is 6.11. The summed E-state index contributed by atoms with van der Waals surface area (Å²) in [5.41, 5.74) is 1.21. The van der Waals surface area contributed by atoms with Crippen LogP contribution >= 0.6 is 0 Å². The quantitative estimate of drug-likeness (QED) is 0.811. The molecule has 1 aromatic carbocycles. The van der Waals surface area contributed by atoms with Gasteiger partial charge >= 0.3 is 12.1 Å². The van der Waals surface area contributed by atoms with E-state index in [2.05, 4.69) is 32.2 Å². The lowest BCUT2D eigenvalue weighted by Gasteiger charge is -2.34. The zero-order chi connectivity index (χ0) is 21.8. The number of hydrogen-bond acceptors (Lipinski definition) is 4. The number of aromatic nitrogens is 3. The molecule has 1 N–H and O–H groups in total. The fourth-order valence-corrected chi connectivity index (χ4v) is 4.34. The minimum Gasteiger partial charge on any atom is -0.338 e. The molecule has 166 valence electrons. The highest BCUT2D eigenvalue weighted by Gasteiger charge is 2.31. The first-order chi connectivity index (χ1) is 15.0. The van der Waals surface area contributed by atoms with Gasteiger partial charge in [-0.2, -0.15) is 0 Å². The molecule has 0 bridgehead atoms. The van der Waals surface area contributed by atoms with Gasteiger partial charge in [0.15, 0.2) is 5.82 Å². The van der Waals surface area contributed by atoms with E-state index in [0.717, 1.165) is 44.0 Å². The molecule has 0 saturated carbocycles. The number of hydrogen-bond donors (Lipinski definition) is 1. The molecule has 0 spiro atoms. The molecule has 2 aromatic rings. The highest BCUT2D eigenvalue weighted by atomic mass is 16.2. The van der Waals surface area contributed by atoms with Gasteiger partial charge in [-0.05, 0) is 24.8 Å². The number of nitrogens with zero attached hydrogens (tertiary/aromatic N) is 6. The summed E-state index contributed by atoms with van der Waals surface area (Å²) in [5.74, 6) is 2.14. The second-order valence-electron chi connectivity index (χ2n) is 8.45. The van der Waals surface area contributed by atoms with Gasteiger partial charge in [0.2, 0.25) is 0 Å². The van der Waals surface area contributed by atoms with Crippen LogP contribution in [0.15, 0.2) is 30.3 Å². The lowest BCUT2D eigenvalue weighted by Crippen LogP contribution is -2.45. The number of rotatable bonds is 4. The number of piperidine rings is 1. The van der Waals surface area contributed by atoms with Crippen molar-refractivity contribution < 1.29 is 9.59 Å². The lowest BCUT2D eigenvalue weighted by molar-refractivity contribution is 0.154. The summed E-state index contributed by atoms with van der Waals surface area (Å²) in [6.07, 6.45) is 2.60. The van der Waals surface area contributed by atoms with Gasteiger partial charge in [0.05, 0.1) is 6.54 Å². The van der Waals surface area contributed by atoms with Crippen LogP contribution in [-0.2, 0) is 19.5 Å². The molecular weight excluding hydrogens is 394 g/mol. The van der Waals surface area contributed by atoms with Crippen LogP contribution in [0.1, 0.15) is 36.0 Å². The number of nitrogens with one attached hydrogen (secondary N) is 1. The first kappa shape index (κ1) is 21.1. The summed E-state index contributed by atoms with van der Waals surface area (Å²) in [7, 11) is 3.57. The molecule has 1 saturated heterocycles. The van der Waals surface area contributed by atoms with E-state index in [0.29, 0.717) is 32.1 Å². The van der Waals surface area contributed by atoms with Crippen LogP contribution in [-0.4, -0.2) is 81.8 Å². The van der Waals surface area contributed by atoms with Crippen molar-refractivity contribution in [3.8, 4) is 0 Å². The van der Waals surface area contributed by atoms with E-state index < -0.39 is 0 Å². The fraction of sp³-hybridized carbons (Fsp3) is 0.545. The molecule has 3 heterocycles. The Bertz CT molecular complexity index is 904. The molecule has 31 heavy (non-hydrogen) atoms. The number of amides is 4. The van der Waals surface area contributed by atoms with E-state index in [1.54, 1.807) is 23.9 Å². The smallest absolute Gasteiger partial charge is 0.319 e. The zero-order valence-corrected chi connectivity index (χ0v) is 18.3. The Kier molecular flexibility index (Phi) is 6.39. The molecule has 9 heteroatoms. The van der Waals surface area contributed by atoms with Crippen molar-refractivity contribution >= 4 is 12.1 Å². The number of benzene rings is 1. The predicted octanol–water partition coefficient (Wildman–Crippen LogP) is 1.91. The number of carbonyl (C=O) groups excluding carboxylic acids is 2. The van der Waals surface area contributed by atoms with Crippen LogP contribution < -0.4 is 5.32 Å². The number of carbonyl (C=O) groups is 2. The van der Waals surface area contributed by atoms with Crippen LogP contribution in [0.5, 0.6) is 0 Å². The van der Waals surface area contributed by atoms with Crippen molar-refractivity contribution in [2.75, 3.05) is 40.3 Å². The summed E-state index contributed by atoms with van der Waals surface area (Å²) in [6, 6.07) is 10.2. The van der Waals surface area contributed by atoms with Gasteiger partial charge in [0.25, 0.3) is 0 Å². The summed E-state index contributed by atoms with van der Waals surface area (Å²) < 4.78 is 2.17. The predicted molar refractivity (Wildman–Crippen MR) is 117 cm³/mol. The molecule has 1 aromatic heterocycles. The summed E-state index contributed by atoms with van der Waals surface area (Å²) in [4.78, 5) is 30.1. The van der Waals surface area contributed by atoms with Crippen LogP contribution in [0.4, 0.5) is 9.59 Å². The Balaban J connectivity index is 1.29. The third-order valence-corrected chi connectivity index (χ3v) is 6.11. The molecule has 2 aliphatic rings. The van der Waals surface area contributed by atoms with Crippen molar-refractivity contribution in [1.82, 2.24) is 34.8 Å². The summed E-state index contributed by atoms with van der Waals surface area (Å²) >= 11 is 0. The maximum Gasteiger partial charge on any atom is 0.319 e. The van der Waals surface area contributed by atoms with Gasteiger partial charge in [0, 0.05) is 52.7 Å². The lowest BCUT2D eigenvalue weighted by atomic mass is 9.96. The van der Waals surface area contributed by atoms with Crippen molar-refractivity contribution in [1.29, 1.82) is 0 Å². The number of fused-ring (bicyclic) bond motifs is 1. The van der Waals surface area contributed by atoms with Gasteiger partial charge < -0.3 is 24.6 Å². The highest BCUT2D eigenvalue weighted by molar-refractivity contribution is 5.74. The Morgan fingerprint density at radius 1 is 1.03 bits per heavy atom. The maximum absolute atomic E-state index is 12.6. The number of urea groups is 2. The fourth-order valence-electron chi connectivity index (χ4n) is 4.34. The van der Waals surface area contributed by atoms with Crippen molar-refractivity contribution in [3.05, 3.63) is 47.5 Å². The molecule has 4 amide bonds. The Labute approximate surface area is 183 Å². The minimum atomic E-state index is -0.0535. The highest BCUT2D eigenvalue weighted by Crippen LogP contribution is 2.28. The monoisotopic (exact) mass is 425 g/mol. The van der Waals surface area contributed by atoms with Crippen molar-refractivity contribution in [3.63, 3.8) is 0 Å². The first-order valence-electron chi connectivity index (χ1n) is 11.0. The standard InChI is InChI=1S/C22H31N7O2/c1-26(2)22(31)27-12-9-18(10-13-27)20-25-24-19-16-28(14-15-29(19)20)21(30)23-11-8-17-6-4-3-5-7-17/h3-7,18H,8-16H2,1-2H3,(H,23,30). The molecule has 2 aliphatic heterocycles. The van der Waals surface area contributed by atoms with Gasteiger partial charge in [0.1, 0.15) is 5.82 Å². The molecule has 4 rings (SSSR count). The van der Waals surface area contributed by atoms with Crippen LogP contribution in [0.25, 0.3) is 0 Å². The van der Waals surface area contributed by atoms with E-state index in [1.807, 2.05) is 23.1 Å². The second kappa shape index (κ2) is 9.36. The van der Waals surface area contributed by atoms with E-state index in [1.165, 1.54) is 5.56 Å². The zero-order valence-electron chi connectivity index (χ0n) is 18.3. The Morgan fingerprint density at radius 3 is 2.48 bits per heavy atom. The molecule has 1 fully saturated rings. The van der Waals surface area contributed by atoms with Gasteiger partial charge in [-0.15, -0.1) is 10.2 Å². The summed E-state index contributed by atoms with van der Waals surface area (Å²) in [6.45, 7) is 3.91. The van der Waals surface area contributed by atoms with Gasteiger partial charge in [-0.25, -0.2) is 9.59 Å². The molecule has 0 aliphatic carbocycles. The van der Waals surface area contributed by atoms with E-state index >= 15 is 0 Å². The minimum absolute atomic E-state index is 0.0535. The molecule has 0 unspecified atom stereocenters. The van der Waals surface area contributed by atoms with Crippen molar-refractivity contribution in [2.45, 2.75) is 38.3 Å². The SMILES string of the molecule is CN(C)C(=O)N1CCC(c2nnc3n2CCN(C(=O)NCCc2ccccc2)C3)CC1. The Hall–Kier alpha value is -3.10. The molecule has 0 atom stereocenters. The molecule has 9 nitrogen and oxygen atoms in total. The first-order valence-corrected chi connectivity index (χ1v) is 11.0. The van der Waals surface area contributed by atoms with E-state index in [9.17, 15) is 9.59 Å². The maximum atomic E-state index is 12.6. The largest absolute Gasteiger partial charge is 0.338 e. The van der Waals surface area contributed by atoms with Crippen molar-refractivity contribution in [2.24, 2.45) is 0 Å². The van der Waals surface area contributed by atoms with Crippen LogP contribution in [0, 0.1) is 0 Å². The van der Waals surface area contributed by atoms with E-state index in [4.69, 9.17) is 0 Å². The molecular formula is C22H31N7O2. The van der Waals surface area contributed by atoms with Gasteiger partial charge in [-0.3, -0.25) is 0 Å². The van der Waals surface area contributed by atoms with Crippen LogP contribution in [0.3, 0.4) is 0 Å². The average molecular weight is 426 g/mol. The van der Waals surface area contributed by atoms with Gasteiger partial charge in [-0.1, -0.05) is 30.3 Å². The third kappa shape index (κ3) is 4.81. The Morgan fingerprint density at radius 2 is 1.77 bits per heavy atom. The molecule has 0 radical (unpaired) electrons.